The fourth-order valence-electron chi connectivity index (χ4n) is 1.51. The molecule has 0 atom stereocenters. The van der Waals surface area contributed by atoms with Crippen molar-refractivity contribution in [2.24, 2.45) is 0 Å². The lowest BCUT2D eigenvalue weighted by molar-refractivity contribution is -0.132. The van der Waals surface area contributed by atoms with Crippen molar-refractivity contribution in [3.8, 4) is 0 Å². The highest BCUT2D eigenvalue weighted by atomic mass is 32.1. The highest BCUT2D eigenvalue weighted by molar-refractivity contribution is 7.81. The van der Waals surface area contributed by atoms with Crippen LogP contribution in [0.15, 0.2) is 0 Å². The lowest BCUT2D eigenvalue weighted by Crippen LogP contribution is -2.43. The molecule has 3 amide bonds. The van der Waals surface area contributed by atoms with Crippen LogP contribution in [-0.4, -0.2) is 60.3 Å². The molecule has 8 heteroatoms. The molecule has 0 aromatic rings. The number of nitrogens with one attached hydrogen (secondary N) is 2. The van der Waals surface area contributed by atoms with Crippen LogP contribution in [0, 0.1) is 0 Å². The number of rotatable bonds is 10. The van der Waals surface area contributed by atoms with Crippen molar-refractivity contribution < 1.29 is 14.4 Å². The topological polar surface area (TPSA) is 78.5 Å². The summed E-state index contributed by atoms with van der Waals surface area (Å²) in [5, 5.41) is 5.32. The monoisotopic (exact) mass is 321 g/mol. The van der Waals surface area contributed by atoms with Crippen LogP contribution < -0.4 is 10.6 Å². The van der Waals surface area contributed by atoms with Crippen LogP contribution in [0.3, 0.4) is 0 Å². The van der Waals surface area contributed by atoms with Crippen LogP contribution in [0.25, 0.3) is 0 Å². The van der Waals surface area contributed by atoms with Crippen molar-refractivity contribution >= 4 is 43.0 Å². The molecule has 0 aromatic heterocycles. The molecule has 0 aliphatic heterocycles. The zero-order valence-electron chi connectivity index (χ0n) is 11.7. The van der Waals surface area contributed by atoms with Gasteiger partial charge >= 0.3 is 0 Å². The summed E-state index contributed by atoms with van der Waals surface area (Å²) in [4.78, 5) is 35.7. The van der Waals surface area contributed by atoms with E-state index in [1.807, 2.05) is 6.92 Å². The second-order valence-electron chi connectivity index (χ2n) is 4.15. The Balaban J connectivity index is 4.16. The van der Waals surface area contributed by atoms with Gasteiger partial charge in [-0.25, -0.2) is 0 Å². The number of nitrogens with zero attached hydrogens (tertiary/aromatic N) is 1. The van der Waals surface area contributed by atoms with Gasteiger partial charge in [0.2, 0.25) is 17.7 Å². The van der Waals surface area contributed by atoms with Crippen molar-refractivity contribution in [3.05, 3.63) is 0 Å². The third-order valence-corrected chi connectivity index (χ3v) is 3.09. The second-order valence-corrected chi connectivity index (χ2v) is 4.78. The molecule has 6 nitrogen and oxygen atoms in total. The standard InChI is InChI=1S/C12H23N3O3S2/c1-2-3-12(18)15(6-4-13-10(16)8-19)7-5-14-11(17)9-20/h19-20H,2-9H2,1H3,(H,13,16)(H,14,17). The van der Waals surface area contributed by atoms with Gasteiger partial charge in [-0.15, -0.1) is 0 Å². The SMILES string of the molecule is CCCC(=O)N(CCNC(=O)CS)CCNC(=O)CS. The van der Waals surface area contributed by atoms with Crippen LogP contribution in [0.2, 0.25) is 0 Å². The molecule has 0 saturated carbocycles. The van der Waals surface area contributed by atoms with Crippen LogP contribution in [0.5, 0.6) is 0 Å². The zero-order valence-corrected chi connectivity index (χ0v) is 13.5. The first-order chi connectivity index (χ1) is 9.54. The molecule has 0 heterocycles. The summed E-state index contributed by atoms with van der Waals surface area (Å²) < 4.78 is 0. The Morgan fingerprint density at radius 3 is 1.75 bits per heavy atom. The molecule has 0 aliphatic carbocycles. The lowest BCUT2D eigenvalue weighted by atomic mass is 10.3. The molecule has 0 rings (SSSR count). The van der Waals surface area contributed by atoms with Gasteiger partial charge in [0, 0.05) is 32.6 Å². The lowest BCUT2D eigenvalue weighted by Gasteiger charge is -2.23. The van der Waals surface area contributed by atoms with Crippen molar-refractivity contribution in [3.63, 3.8) is 0 Å². The van der Waals surface area contributed by atoms with Gasteiger partial charge in [-0.05, 0) is 6.42 Å². The van der Waals surface area contributed by atoms with Gasteiger partial charge in [0.15, 0.2) is 0 Å². The van der Waals surface area contributed by atoms with E-state index in [4.69, 9.17) is 0 Å². The van der Waals surface area contributed by atoms with Gasteiger partial charge in [-0.2, -0.15) is 25.3 Å². The van der Waals surface area contributed by atoms with E-state index in [-0.39, 0.29) is 29.2 Å². The highest BCUT2D eigenvalue weighted by Gasteiger charge is 2.12. The number of hydrogen-bond donors (Lipinski definition) is 4. The third kappa shape index (κ3) is 9.08. The summed E-state index contributed by atoms with van der Waals surface area (Å²) in [6, 6.07) is 0. The number of carbonyl (C=O) groups is 3. The molecular formula is C12H23N3O3S2. The Bertz CT molecular complexity index is 305. The van der Waals surface area contributed by atoms with Crippen LogP contribution in [0.4, 0.5) is 0 Å². The van der Waals surface area contributed by atoms with E-state index in [0.717, 1.165) is 6.42 Å². The number of carbonyl (C=O) groups excluding carboxylic acids is 3. The fraction of sp³-hybridized carbons (Fsp3) is 0.750. The molecule has 0 aliphatic rings. The first-order valence-electron chi connectivity index (χ1n) is 6.58. The van der Waals surface area contributed by atoms with Crippen LogP contribution in [-0.2, 0) is 14.4 Å². The van der Waals surface area contributed by atoms with Gasteiger partial charge in [-0.1, -0.05) is 6.92 Å². The Kier molecular flexibility index (Phi) is 11.4. The number of hydrogen-bond acceptors (Lipinski definition) is 5. The first kappa shape index (κ1) is 19.1. The number of thiol groups is 2. The maximum absolute atomic E-state index is 11.9. The normalized spacial score (nSPS) is 9.95. The van der Waals surface area contributed by atoms with Gasteiger partial charge in [0.05, 0.1) is 11.5 Å². The molecule has 0 fully saturated rings. The Morgan fingerprint density at radius 1 is 0.950 bits per heavy atom. The average Bonchev–Trinajstić information content (AvgIpc) is 2.45. The summed E-state index contributed by atoms with van der Waals surface area (Å²) in [7, 11) is 0. The maximum Gasteiger partial charge on any atom is 0.229 e. The molecule has 0 aromatic carbocycles. The Hall–Kier alpha value is -0.890. The largest absolute Gasteiger partial charge is 0.354 e. The zero-order chi connectivity index (χ0) is 15.4. The van der Waals surface area contributed by atoms with Crippen molar-refractivity contribution in [1.29, 1.82) is 0 Å². The fourth-order valence-corrected chi connectivity index (χ4v) is 1.73. The summed E-state index contributed by atoms with van der Waals surface area (Å²) in [5.74, 6) is -0.0612. The molecule has 0 spiro atoms. The van der Waals surface area contributed by atoms with Gasteiger partial charge in [0.1, 0.15) is 0 Å². The summed E-state index contributed by atoms with van der Waals surface area (Å²) in [5.41, 5.74) is 0. The van der Waals surface area contributed by atoms with Gasteiger partial charge < -0.3 is 15.5 Å². The van der Waals surface area contributed by atoms with Crippen molar-refractivity contribution in [2.75, 3.05) is 37.7 Å². The smallest absolute Gasteiger partial charge is 0.229 e. The minimum Gasteiger partial charge on any atom is -0.354 e. The molecule has 0 bridgehead atoms. The molecule has 0 unspecified atom stereocenters. The Labute approximate surface area is 130 Å². The summed E-state index contributed by atoms with van der Waals surface area (Å²) in [6.07, 6.45) is 1.22. The van der Waals surface area contributed by atoms with E-state index in [1.165, 1.54) is 0 Å². The number of amides is 3. The molecule has 0 saturated heterocycles. The third-order valence-electron chi connectivity index (χ3n) is 2.51. The predicted molar refractivity (Wildman–Crippen MR) is 85.2 cm³/mol. The highest BCUT2D eigenvalue weighted by Crippen LogP contribution is 1.97. The van der Waals surface area contributed by atoms with E-state index >= 15 is 0 Å². The van der Waals surface area contributed by atoms with Gasteiger partial charge in [-0.3, -0.25) is 14.4 Å². The van der Waals surface area contributed by atoms with Crippen LogP contribution in [0.1, 0.15) is 19.8 Å². The Morgan fingerprint density at radius 2 is 1.40 bits per heavy atom. The van der Waals surface area contributed by atoms with E-state index in [1.54, 1.807) is 4.90 Å². The molecule has 20 heavy (non-hydrogen) atoms. The van der Waals surface area contributed by atoms with E-state index in [0.29, 0.717) is 32.6 Å². The minimum atomic E-state index is -0.167. The van der Waals surface area contributed by atoms with E-state index in [2.05, 4.69) is 35.9 Å². The van der Waals surface area contributed by atoms with Crippen molar-refractivity contribution in [2.45, 2.75) is 19.8 Å². The average molecular weight is 321 g/mol. The molecule has 2 N–H and O–H groups in total. The molecular weight excluding hydrogens is 298 g/mol. The summed E-state index contributed by atoms with van der Waals surface area (Å²) in [6.45, 7) is 3.55. The summed E-state index contributed by atoms with van der Waals surface area (Å²) >= 11 is 7.71. The van der Waals surface area contributed by atoms with Crippen molar-refractivity contribution in [1.82, 2.24) is 15.5 Å². The van der Waals surface area contributed by atoms with Crippen LogP contribution >= 0.6 is 25.3 Å². The molecule has 116 valence electrons. The first-order valence-corrected chi connectivity index (χ1v) is 7.84. The molecule has 0 radical (unpaired) electrons. The predicted octanol–water partition coefficient (Wildman–Crippen LogP) is -0.293. The minimum absolute atomic E-state index is 0.0211. The maximum atomic E-state index is 11.9. The van der Waals surface area contributed by atoms with Gasteiger partial charge in [0.25, 0.3) is 0 Å². The van der Waals surface area contributed by atoms with E-state index in [9.17, 15) is 14.4 Å². The van der Waals surface area contributed by atoms with E-state index < -0.39 is 0 Å². The quantitative estimate of drug-likeness (QED) is 0.418. The second kappa shape index (κ2) is 11.9.